The van der Waals surface area contributed by atoms with E-state index in [1.54, 1.807) is 20.2 Å². The molecule has 110 valence electrons. The van der Waals surface area contributed by atoms with E-state index in [1.165, 1.54) is 4.90 Å². The second-order valence-corrected chi connectivity index (χ2v) is 5.28. The lowest BCUT2D eigenvalue weighted by Gasteiger charge is -2.15. The van der Waals surface area contributed by atoms with E-state index >= 15 is 0 Å². The van der Waals surface area contributed by atoms with Crippen LogP contribution in [0.25, 0.3) is 0 Å². The Kier molecular flexibility index (Phi) is 4.64. The minimum atomic E-state index is -1.07. The fourth-order valence-electron chi connectivity index (χ4n) is 1.89. The molecule has 0 fully saturated rings. The number of pyridine rings is 1. The van der Waals surface area contributed by atoms with Crippen molar-refractivity contribution in [2.24, 2.45) is 0 Å². The van der Waals surface area contributed by atoms with Crippen molar-refractivity contribution in [3.05, 3.63) is 41.3 Å². The van der Waals surface area contributed by atoms with Gasteiger partial charge in [-0.1, -0.05) is 6.07 Å². The molecular formula is C14H15N3O3S. The van der Waals surface area contributed by atoms with Crippen LogP contribution in [0.15, 0.2) is 24.4 Å². The Morgan fingerprint density at radius 3 is 2.76 bits per heavy atom. The van der Waals surface area contributed by atoms with Gasteiger partial charge in [-0.25, -0.2) is 4.79 Å². The number of rotatable bonds is 5. The van der Waals surface area contributed by atoms with Gasteiger partial charge in [0.25, 0.3) is 0 Å². The molecule has 2 aromatic rings. The van der Waals surface area contributed by atoms with Crippen LogP contribution >= 0.6 is 11.5 Å². The van der Waals surface area contributed by atoms with E-state index in [2.05, 4.69) is 9.36 Å². The minimum Gasteiger partial charge on any atom is -0.478 e. The normalized spacial score (nSPS) is 10.4. The second kappa shape index (κ2) is 6.45. The van der Waals surface area contributed by atoms with Crippen LogP contribution in [0.4, 0.5) is 5.00 Å². The first kappa shape index (κ1) is 15.1. The highest BCUT2D eigenvalue weighted by atomic mass is 32.1. The van der Waals surface area contributed by atoms with Gasteiger partial charge in [0, 0.05) is 25.4 Å². The number of nitrogens with zero attached hydrogens (tertiary/aromatic N) is 3. The molecule has 6 nitrogen and oxygen atoms in total. The van der Waals surface area contributed by atoms with E-state index in [1.807, 2.05) is 18.2 Å². The van der Waals surface area contributed by atoms with Gasteiger partial charge in [-0.3, -0.25) is 9.78 Å². The molecule has 0 aliphatic carbocycles. The smallest absolute Gasteiger partial charge is 0.340 e. The van der Waals surface area contributed by atoms with Crippen LogP contribution in [0, 0.1) is 6.92 Å². The van der Waals surface area contributed by atoms with Gasteiger partial charge in [0.1, 0.15) is 10.6 Å². The summed E-state index contributed by atoms with van der Waals surface area (Å²) in [5, 5.41) is 9.56. The molecule has 0 unspecified atom stereocenters. The Morgan fingerprint density at radius 2 is 2.14 bits per heavy atom. The lowest BCUT2D eigenvalue weighted by Crippen LogP contribution is -2.27. The molecule has 1 N–H and O–H groups in total. The molecular weight excluding hydrogens is 290 g/mol. The van der Waals surface area contributed by atoms with Crippen molar-refractivity contribution in [2.45, 2.75) is 19.8 Å². The number of anilines is 1. The number of carboxylic acid groups (broad SMARTS) is 1. The van der Waals surface area contributed by atoms with Gasteiger partial charge in [0.2, 0.25) is 5.91 Å². The largest absolute Gasteiger partial charge is 0.478 e. The van der Waals surface area contributed by atoms with Crippen LogP contribution in [0.1, 0.15) is 28.2 Å². The molecule has 0 spiro atoms. The van der Waals surface area contributed by atoms with E-state index in [0.29, 0.717) is 17.1 Å². The van der Waals surface area contributed by atoms with Gasteiger partial charge in [-0.05, 0) is 37.0 Å². The molecule has 2 rings (SSSR count). The highest BCUT2D eigenvalue weighted by Gasteiger charge is 2.23. The van der Waals surface area contributed by atoms with Gasteiger partial charge in [0.15, 0.2) is 0 Å². The lowest BCUT2D eigenvalue weighted by atomic mass is 10.2. The van der Waals surface area contributed by atoms with Crippen LogP contribution in [0.2, 0.25) is 0 Å². The SMILES string of the molecule is Cc1nsc(N(C)C(=O)CCc2ccccn2)c1C(=O)O. The van der Waals surface area contributed by atoms with Crippen molar-refractivity contribution in [1.29, 1.82) is 0 Å². The maximum atomic E-state index is 12.2. The summed E-state index contributed by atoms with van der Waals surface area (Å²) < 4.78 is 4.01. The number of aryl methyl sites for hydroxylation is 2. The molecule has 21 heavy (non-hydrogen) atoms. The lowest BCUT2D eigenvalue weighted by molar-refractivity contribution is -0.118. The number of hydrogen-bond donors (Lipinski definition) is 1. The fourth-order valence-corrected chi connectivity index (χ4v) is 2.76. The molecule has 2 heterocycles. The van der Waals surface area contributed by atoms with Crippen LogP contribution in [0.3, 0.4) is 0 Å². The fraction of sp³-hybridized carbons (Fsp3) is 0.286. The summed E-state index contributed by atoms with van der Waals surface area (Å²) >= 11 is 1.02. The maximum Gasteiger partial charge on any atom is 0.340 e. The Labute approximate surface area is 126 Å². The van der Waals surface area contributed by atoms with Gasteiger partial charge in [-0.2, -0.15) is 4.37 Å². The molecule has 0 saturated carbocycles. The average Bonchev–Trinajstić information content (AvgIpc) is 2.87. The average molecular weight is 305 g/mol. The molecule has 0 atom stereocenters. The van der Waals surface area contributed by atoms with Crippen LogP contribution in [0.5, 0.6) is 0 Å². The first-order valence-corrected chi connectivity index (χ1v) is 7.14. The van der Waals surface area contributed by atoms with Gasteiger partial charge in [0.05, 0.1) is 5.69 Å². The highest BCUT2D eigenvalue weighted by molar-refractivity contribution is 7.11. The number of amides is 1. The number of hydrogen-bond acceptors (Lipinski definition) is 5. The highest BCUT2D eigenvalue weighted by Crippen LogP contribution is 2.28. The summed E-state index contributed by atoms with van der Waals surface area (Å²) in [7, 11) is 1.57. The molecule has 1 amide bonds. The van der Waals surface area contributed by atoms with Crippen molar-refractivity contribution in [3.63, 3.8) is 0 Å². The molecule has 0 aromatic carbocycles. The van der Waals surface area contributed by atoms with E-state index in [9.17, 15) is 14.7 Å². The molecule has 0 radical (unpaired) electrons. The van der Waals surface area contributed by atoms with E-state index in [-0.39, 0.29) is 17.9 Å². The third kappa shape index (κ3) is 3.43. The predicted octanol–water partition coefficient (Wildman–Crippen LogP) is 2.14. The molecule has 0 saturated heterocycles. The van der Waals surface area contributed by atoms with Crippen LogP contribution in [-0.2, 0) is 11.2 Å². The Morgan fingerprint density at radius 1 is 1.38 bits per heavy atom. The summed E-state index contributed by atoms with van der Waals surface area (Å²) in [6.07, 6.45) is 2.46. The first-order valence-electron chi connectivity index (χ1n) is 6.36. The van der Waals surface area contributed by atoms with Crippen molar-refractivity contribution >= 4 is 28.4 Å². The quantitative estimate of drug-likeness (QED) is 0.915. The number of carboxylic acids is 1. The standard InChI is InChI=1S/C14H15N3O3S/c1-9-12(14(19)20)13(21-16-9)17(2)11(18)7-6-10-5-3-4-8-15-10/h3-5,8H,6-7H2,1-2H3,(H,19,20). The first-order chi connectivity index (χ1) is 10.0. The molecule has 7 heteroatoms. The Balaban J connectivity index is 2.08. The van der Waals surface area contributed by atoms with E-state index in [4.69, 9.17) is 0 Å². The van der Waals surface area contributed by atoms with Crippen molar-refractivity contribution in [1.82, 2.24) is 9.36 Å². The number of carbonyl (C=O) groups is 2. The summed E-state index contributed by atoms with van der Waals surface area (Å²) in [5.74, 6) is -1.23. The summed E-state index contributed by atoms with van der Waals surface area (Å²) in [6, 6.07) is 5.54. The second-order valence-electron chi connectivity index (χ2n) is 4.53. The third-order valence-electron chi connectivity index (χ3n) is 3.06. The van der Waals surface area contributed by atoms with Gasteiger partial charge >= 0.3 is 5.97 Å². The molecule has 0 aliphatic heterocycles. The Bertz CT molecular complexity index is 655. The zero-order valence-electron chi connectivity index (χ0n) is 11.7. The number of aromatic nitrogens is 2. The van der Waals surface area contributed by atoms with Crippen molar-refractivity contribution in [3.8, 4) is 0 Å². The van der Waals surface area contributed by atoms with E-state index < -0.39 is 5.97 Å². The van der Waals surface area contributed by atoms with Crippen molar-refractivity contribution < 1.29 is 14.7 Å². The van der Waals surface area contributed by atoms with Crippen LogP contribution in [-0.4, -0.2) is 33.4 Å². The molecule has 2 aromatic heterocycles. The van der Waals surface area contributed by atoms with Gasteiger partial charge < -0.3 is 10.0 Å². The number of carbonyl (C=O) groups excluding carboxylic acids is 1. The summed E-state index contributed by atoms with van der Waals surface area (Å²) in [6.45, 7) is 1.62. The zero-order chi connectivity index (χ0) is 15.4. The zero-order valence-corrected chi connectivity index (χ0v) is 12.6. The minimum absolute atomic E-state index is 0.0914. The third-order valence-corrected chi connectivity index (χ3v) is 4.07. The van der Waals surface area contributed by atoms with Gasteiger partial charge in [-0.15, -0.1) is 0 Å². The monoisotopic (exact) mass is 305 g/mol. The molecule has 0 aliphatic rings. The summed E-state index contributed by atoms with van der Waals surface area (Å²) in [4.78, 5) is 28.9. The Hall–Kier alpha value is -2.28. The molecule has 0 bridgehead atoms. The number of aromatic carboxylic acids is 1. The van der Waals surface area contributed by atoms with E-state index in [0.717, 1.165) is 17.2 Å². The van der Waals surface area contributed by atoms with Crippen LogP contribution < -0.4 is 4.90 Å². The summed E-state index contributed by atoms with van der Waals surface area (Å²) in [5.41, 5.74) is 1.35. The maximum absolute atomic E-state index is 12.2. The van der Waals surface area contributed by atoms with Crippen molar-refractivity contribution in [2.75, 3.05) is 11.9 Å². The predicted molar refractivity (Wildman–Crippen MR) is 79.8 cm³/mol. The topological polar surface area (TPSA) is 83.4 Å².